The van der Waals surface area contributed by atoms with Crippen LogP contribution < -0.4 is 4.74 Å². The number of carboxylic acid groups (broad SMARTS) is 2. The number of benzene rings is 3. The van der Waals surface area contributed by atoms with Gasteiger partial charge in [0.15, 0.2) is 0 Å². The van der Waals surface area contributed by atoms with E-state index in [0.29, 0.717) is 5.75 Å². The number of carboxylic acids is 2. The number of rotatable bonds is 5. The van der Waals surface area contributed by atoms with E-state index in [9.17, 15) is 14.7 Å². The van der Waals surface area contributed by atoms with Crippen molar-refractivity contribution >= 4 is 11.9 Å². The third kappa shape index (κ3) is 3.82. The van der Waals surface area contributed by atoms with Crippen molar-refractivity contribution in [3.63, 3.8) is 0 Å². The van der Waals surface area contributed by atoms with Gasteiger partial charge in [-0.05, 0) is 43.2 Å². The van der Waals surface area contributed by atoms with Gasteiger partial charge in [-0.25, -0.2) is 9.59 Å². The molecule has 0 bridgehead atoms. The highest BCUT2D eigenvalue weighted by Gasteiger charge is 2.18. The molecule has 0 radical (unpaired) electrons. The molecule has 136 valence electrons. The van der Waals surface area contributed by atoms with Crippen LogP contribution in [0.4, 0.5) is 0 Å². The van der Waals surface area contributed by atoms with E-state index in [4.69, 9.17) is 9.84 Å². The maximum atomic E-state index is 11.4. The van der Waals surface area contributed by atoms with E-state index in [1.807, 2.05) is 56.3 Å². The zero-order chi connectivity index (χ0) is 19.6. The number of aromatic carboxylic acids is 2. The highest BCUT2D eigenvalue weighted by atomic mass is 16.5. The fourth-order valence-corrected chi connectivity index (χ4v) is 2.90. The van der Waals surface area contributed by atoms with Gasteiger partial charge >= 0.3 is 11.9 Å². The summed E-state index contributed by atoms with van der Waals surface area (Å²) in [6, 6.07) is 17.7. The first-order valence-corrected chi connectivity index (χ1v) is 8.32. The number of aryl methyl sites for hydroxylation is 2. The van der Waals surface area contributed by atoms with Gasteiger partial charge in [0.05, 0.1) is 11.1 Å². The number of carbonyl (C=O) groups is 2. The smallest absolute Gasteiger partial charge is 0.336 e. The normalized spacial score (nSPS) is 10.4. The summed E-state index contributed by atoms with van der Waals surface area (Å²) in [5.74, 6) is -1.75. The van der Waals surface area contributed by atoms with Gasteiger partial charge in [-0.1, -0.05) is 48.0 Å². The molecule has 0 aliphatic heterocycles. The molecule has 2 N–H and O–H groups in total. The molecule has 0 atom stereocenters. The van der Waals surface area contributed by atoms with Crippen molar-refractivity contribution in [2.75, 3.05) is 0 Å². The zero-order valence-corrected chi connectivity index (χ0v) is 14.9. The molecule has 27 heavy (non-hydrogen) atoms. The zero-order valence-electron chi connectivity index (χ0n) is 14.9. The summed E-state index contributed by atoms with van der Waals surface area (Å²) in [7, 11) is 0. The summed E-state index contributed by atoms with van der Waals surface area (Å²) in [5.41, 5.74) is 3.25. The lowest BCUT2D eigenvalue weighted by Crippen LogP contribution is -2.08. The minimum absolute atomic E-state index is 0.264. The van der Waals surface area contributed by atoms with E-state index in [-0.39, 0.29) is 16.9 Å². The number of ether oxygens (including phenoxy) is 1. The van der Waals surface area contributed by atoms with E-state index in [2.05, 4.69) is 0 Å². The molecular formula is C22H18O5. The lowest BCUT2D eigenvalue weighted by Gasteiger charge is -2.15. The quantitative estimate of drug-likeness (QED) is 0.655. The molecule has 0 aliphatic rings. The van der Waals surface area contributed by atoms with Crippen LogP contribution in [0, 0.1) is 13.8 Å². The van der Waals surface area contributed by atoms with Crippen molar-refractivity contribution in [2.45, 2.75) is 13.8 Å². The standard InChI is InChI=1S/C22H18O5/c1-13-5-3-7-15(11-13)17-8-4-6-14(2)20(17)27-16-9-10-18(21(23)24)19(12-16)22(25)26/h3-12H,1-2H3,(H,23,24)(H,25,26). The molecule has 0 saturated heterocycles. The number of para-hydroxylation sites is 1. The number of hydrogen-bond acceptors (Lipinski definition) is 3. The van der Waals surface area contributed by atoms with Crippen LogP contribution in [0.5, 0.6) is 11.5 Å². The van der Waals surface area contributed by atoms with E-state index in [0.717, 1.165) is 22.3 Å². The fraction of sp³-hybridized carbons (Fsp3) is 0.0909. The van der Waals surface area contributed by atoms with Crippen molar-refractivity contribution < 1.29 is 24.5 Å². The molecule has 0 heterocycles. The first-order chi connectivity index (χ1) is 12.9. The SMILES string of the molecule is Cc1cccc(-c2cccc(C)c2Oc2ccc(C(=O)O)c(C(=O)O)c2)c1. The second-order valence-corrected chi connectivity index (χ2v) is 6.24. The van der Waals surface area contributed by atoms with Gasteiger partial charge in [-0.15, -0.1) is 0 Å². The third-order valence-electron chi connectivity index (χ3n) is 4.21. The summed E-state index contributed by atoms with van der Waals surface area (Å²) in [6.07, 6.45) is 0. The maximum Gasteiger partial charge on any atom is 0.336 e. The van der Waals surface area contributed by atoms with Crippen molar-refractivity contribution in [1.82, 2.24) is 0 Å². The minimum Gasteiger partial charge on any atom is -0.478 e. The van der Waals surface area contributed by atoms with E-state index in [1.54, 1.807) is 0 Å². The monoisotopic (exact) mass is 362 g/mol. The molecule has 3 aromatic carbocycles. The predicted octanol–water partition coefficient (Wildman–Crippen LogP) is 5.16. The van der Waals surface area contributed by atoms with Gasteiger partial charge in [0.25, 0.3) is 0 Å². The Morgan fingerprint density at radius 3 is 2.19 bits per heavy atom. The molecule has 0 aromatic heterocycles. The summed E-state index contributed by atoms with van der Waals surface area (Å²) in [6.45, 7) is 3.90. The molecule has 0 unspecified atom stereocenters. The Morgan fingerprint density at radius 1 is 0.815 bits per heavy atom. The molecule has 0 spiro atoms. The van der Waals surface area contributed by atoms with Crippen LogP contribution in [0.3, 0.4) is 0 Å². The van der Waals surface area contributed by atoms with Crippen molar-refractivity contribution in [3.05, 3.63) is 82.9 Å². The van der Waals surface area contributed by atoms with Gasteiger partial charge in [0.1, 0.15) is 11.5 Å². The van der Waals surface area contributed by atoms with Crippen LogP contribution in [-0.2, 0) is 0 Å². The lowest BCUT2D eigenvalue weighted by atomic mass is 10.00. The van der Waals surface area contributed by atoms with Gasteiger partial charge in [-0.3, -0.25) is 0 Å². The van der Waals surface area contributed by atoms with Crippen LogP contribution in [0.1, 0.15) is 31.8 Å². The van der Waals surface area contributed by atoms with E-state index in [1.165, 1.54) is 18.2 Å². The first kappa shape index (κ1) is 18.2. The summed E-state index contributed by atoms with van der Waals surface area (Å²) in [5, 5.41) is 18.5. The Labute approximate surface area is 156 Å². The van der Waals surface area contributed by atoms with E-state index < -0.39 is 11.9 Å². The van der Waals surface area contributed by atoms with Crippen molar-refractivity contribution in [3.8, 4) is 22.6 Å². The van der Waals surface area contributed by atoms with Gasteiger partial charge in [0, 0.05) is 5.56 Å². The topological polar surface area (TPSA) is 83.8 Å². The molecule has 0 amide bonds. The third-order valence-corrected chi connectivity index (χ3v) is 4.21. The van der Waals surface area contributed by atoms with Gasteiger partial charge < -0.3 is 14.9 Å². The maximum absolute atomic E-state index is 11.4. The Kier molecular flexibility index (Phi) is 4.94. The molecule has 0 aliphatic carbocycles. The van der Waals surface area contributed by atoms with Gasteiger partial charge in [0.2, 0.25) is 0 Å². The molecule has 5 heteroatoms. The largest absolute Gasteiger partial charge is 0.478 e. The van der Waals surface area contributed by atoms with Gasteiger partial charge in [-0.2, -0.15) is 0 Å². The van der Waals surface area contributed by atoms with E-state index >= 15 is 0 Å². The Balaban J connectivity index is 2.08. The number of hydrogen-bond donors (Lipinski definition) is 2. The first-order valence-electron chi connectivity index (χ1n) is 8.32. The average molecular weight is 362 g/mol. The molecule has 3 aromatic rings. The second-order valence-electron chi connectivity index (χ2n) is 6.24. The Bertz CT molecular complexity index is 1040. The molecular weight excluding hydrogens is 344 g/mol. The van der Waals surface area contributed by atoms with Crippen LogP contribution >= 0.6 is 0 Å². The molecule has 0 fully saturated rings. The fourth-order valence-electron chi connectivity index (χ4n) is 2.90. The van der Waals surface area contributed by atoms with Crippen LogP contribution in [0.25, 0.3) is 11.1 Å². The van der Waals surface area contributed by atoms with Crippen molar-refractivity contribution in [2.24, 2.45) is 0 Å². The molecule has 0 saturated carbocycles. The Morgan fingerprint density at radius 2 is 1.52 bits per heavy atom. The van der Waals surface area contributed by atoms with Crippen LogP contribution in [0.15, 0.2) is 60.7 Å². The van der Waals surface area contributed by atoms with Crippen LogP contribution in [0.2, 0.25) is 0 Å². The summed E-state index contributed by atoms with van der Waals surface area (Å²) >= 11 is 0. The highest BCUT2D eigenvalue weighted by molar-refractivity contribution is 6.02. The van der Waals surface area contributed by atoms with Crippen LogP contribution in [-0.4, -0.2) is 22.2 Å². The molecule has 3 rings (SSSR count). The predicted molar refractivity (Wildman–Crippen MR) is 102 cm³/mol. The summed E-state index contributed by atoms with van der Waals surface area (Å²) in [4.78, 5) is 22.6. The average Bonchev–Trinajstić information content (AvgIpc) is 2.63. The second kappa shape index (κ2) is 7.33. The minimum atomic E-state index is -1.32. The lowest BCUT2D eigenvalue weighted by molar-refractivity contribution is 0.0651. The highest BCUT2D eigenvalue weighted by Crippen LogP contribution is 2.37. The summed E-state index contributed by atoms with van der Waals surface area (Å²) < 4.78 is 6.00. The Hall–Kier alpha value is -3.60. The van der Waals surface area contributed by atoms with Crippen molar-refractivity contribution in [1.29, 1.82) is 0 Å². The molecule has 5 nitrogen and oxygen atoms in total.